The highest BCUT2D eigenvalue weighted by Crippen LogP contribution is 2.26. The maximum Gasteiger partial charge on any atom is 0.490 e. The first kappa shape index (κ1) is 16.6. The molecule has 0 bridgehead atoms. The van der Waals surface area contributed by atoms with Gasteiger partial charge >= 0.3 is 12.1 Å². The zero-order valence-electron chi connectivity index (χ0n) is 9.17. The van der Waals surface area contributed by atoms with E-state index in [1.165, 1.54) is 6.92 Å². The lowest BCUT2D eigenvalue weighted by Crippen LogP contribution is -2.61. The van der Waals surface area contributed by atoms with Crippen molar-refractivity contribution in [2.75, 3.05) is 13.1 Å². The number of hydrogen-bond donors (Lipinski definition) is 2. The summed E-state index contributed by atoms with van der Waals surface area (Å²) in [6, 6.07) is -0.675. The highest BCUT2D eigenvalue weighted by Gasteiger charge is 2.46. The standard InChI is InChI=1S/C6H10F2N2O.C2HF3O2/c1-4(9)5(11)10-2-6(7,8)3-10;3-2(4,5)1(6)7/h4H,2-3,9H2,1H3;(H,6,7)/t4-;/m0./s1. The maximum atomic E-state index is 12.2. The molecule has 10 heteroatoms. The molecule has 1 aliphatic rings. The van der Waals surface area contributed by atoms with Crippen molar-refractivity contribution in [1.82, 2.24) is 4.90 Å². The minimum Gasteiger partial charge on any atom is -0.475 e. The lowest BCUT2D eigenvalue weighted by atomic mass is 10.1. The van der Waals surface area contributed by atoms with E-state index in [1.807, 2.05) is 0 Å². The van der Waals surface area contributed by atoms with Gasteiger partial charge in [-0.15, -0.1) is 0 Å². The van der Waals surface area contributed by atoms with Crippen LogP contribution >= 0.6 is 0 Å². The molecule has 0 aromatic rings. The van der Waals surface area contributed by atoms with Gasteiger partial charge in [0.05, 0.1) is 19.1 Å². The Labute approximate surface area is 98.3 Å². The lowest BCUT2D eigenvalue weighted by molar-refractivity contribution is -0.192. The summed E-state index contributed by atoms with van der Waals surface area (Å²) >= 11 is 0. The molecule has 1 aliphatic heterocycles. The van der Waals surface area contributed by atoms with Crippen LogP contribution in [0.1, 0.15) is 6.92 Å². The van der Waals surface area contributed by atoms with Crippen molar-refractivity contribution in [3.63, 3.8) is 0 Å². The SMILES string of the molecule is C[C@H](N)C(=O)N1CC(F)(F)C1.O=C(O)C(F)(F)F. The molecular formula is C8H11F5N2O3. The van der Waals surface area contributed by atoms with Gasteiger partial charge in [0.25, 0.3) is 5.92 Å². The van der Waals surface area contributed by atoms with E-state index in [0.29, 0.717) is 0 Å². The largest absolute Gasteiger partial charge is 0.490 e. The van der Waals surface area contributed by atoms with Crippen molar-refractivity contribution in [2.24, 2.45) is 5.73 Å². The average Bonchev–Trinajstić information content (AvgIpc) is 2.12. The van der Waals surface area contributed by atoms with Gasteiger partial charge < -0.3 is 15.7 Å². The summed E-state index contributed by atoms with van der Waals surface area (Å²) in [4.78, 5) is 20.8. The van der Waals surface area contributed by atoms with Crippen LogP contribution in [0, 0.1) is 0 Å². The molecule has 0 saturated carbocycles. The Morgan fingerprint density at radius 2 is 1.67 bits per heavy atom. The minimum atomic E-state index is -5.08. The van der Waals surface area contributed by atoms with Crippen LogP contribution in [0.4, 0.5) is 22.0 Å². The lowest BCUT2D eigenvalue weighted by Gasteiger charge is -2.39. The van der Waals surface area contributed by atoms with Crippen LogP contribution in [0.15, 0.2) is 0 Å². The number of aliphatic carboxylic acids is 1. The number of carboxylic acids is 1. The molecule has 1 saturated heterocycles. The van der Waals surface area contributed by atoms with Crippen molar-refractivity contribution in [2.45, 2.75) is 25.1 Å². The zero-order valence-corrected chi connectivity index (χ0v) is 9.17. The van der Waals surface area contributed by atoms with Gasteiger partial charge in [-0.25, -0.2) is 13.6 Å². The van der Waals surface area contributed by atoms with Crippen LogP contribution in [-0.4, -0.2) is 53.1 Å². The zero-order chi connectivity index (χ0) is 14.7. The molecule has 1 heterocycles. The second kappa shape index (κ2) is 5.46. The number of rotatable bonds is 1. The van der Waals surface area contributed by atoms with Crippen LogP contribution in [-0.2, 0) is 9.59 Å². The fourth-order valence-corrected chi connectivity index (χ4v) is 0.956. The molecule has 1 amide bonds. The quantitative estimate of drug-likeness (QED) is 0.682. The van der Waals surface area contributed by atoms with Gasteiger partial charge in [0.1, 0.15) is 0 Å². The monoisotopic (exact) mass is 278 g/mol. The van der Waals surface area contributed by atoms with Crippen LogP contribution in [0.25, 0.3) is 0 Å². The topological polar surface area (TPSA) is 83.6 Å². The molecule has 0 unspecified atom stereocenters. The summed E-state index contributed by atoms with van der Waals surface area (Å²) in [7, 11) is 0. The van der Waals surface area contributed by atoms with Crippen LogP contribution in [0.3, 0.4) is 0 Å². The first-order valence-corrected chi connectivity index (χ1v) is 4.59. The predicted molar refractivity (Wildman–Crippen MR) is 48.9 cm³/mol. The van der Waals surface area contributed by atoms with Crippen molar-refractivity contribution in [1.29, 1.82) is 0 Å². The molecule has 5 nitrogen and oxygen atoms in total. The van der Waals surface area contributed by atoms with Crippen molar-refractivity contribution < 1.29 is 36.6 Å². The second-order valence-electron chi connectivity index (χ2n) is 3.64. The number of hydrogen-bond acceptors (Lipinski definition) is 3. The first-order valence-electron chi connectivity index (χ1n) is 4.59. The molecule has 18 heavy (non-hydrogen) atoms. The average molecular weight is 278 g/mol. The number of amides is 1. The predicted octanol–water partition coefficient (Wildman–Crippen LogP) is 0.444. The highest BCUT2D eigenvalue weighted by atomic mass is 19.4. The number of alkyl halides is 5. The minimum absolute atomic E-state index is 0.407. The highest BCUT2D eigenvalue weighted by molar-refractivity contribution is 5.82. The summed E-state index contributed by atoms with van der Waals surface area (Å²) in [6.45, 7) is 0.527. The maximum absolute atomic E-state index is 12.2. The molecule has 0 aromatic heterocycles. The molecule has 0 aromatic carbocycles. The Balaban J connectivity index is 0.000000360. The van der Waals surface area contributed by atoms with E-state index in [1.54, 1.807) is 0 Å². The summed E-state index contributed by atoms with van der Waals surface area (Å²) in [5.74, 6) is -5.85. The molecular weight excluding hydrogens is 267 g/mol. The number of likely N-dealkylation sites (tertiary alicyclic amines) is 1. The van der Waals surface area contributed by atoms with E-state index in [0.717, 1.165) is 4.90 Å². The second-order valence-corrected chi connectivity index (χ2v) is 3.64. The van der Waals surface area contributed by atoms with Gasteiger partial charge in [0.2, 0.25) is 5.91 Å². The summed E-state index contributed by atoms with van der Waals surface area (Å²) in [5.41, 5.74) is 5.20. The molecule has 1 fully saturated rings. The number of carboxylic acid groups (broad SMARTS) is 1. The molecule has 0 aliphatic carbocycles. The number of nitrogens with two attached hydrogens (primary N) is 1. The normalized spacial score (nSPS) is 19.2. The number of halogens is 5. The summed E-state index contributed by atoms with van der Waals surface area (Å²) in [6.07, 6.45) is -5.08. The van der Waals surface area contributed by atoms with Gasteiger partial charge in [0.15, 0.2) is 0 Å². The third-order valence-electron chi connectivity index (χ3n) is 1.79. The van der Waals surface area contributed by atoms with E-state index in [-0.39, 0.29) is 0 Å². The Kier molecular flexibility index (Phi) is 5.02. The molecule has 0 spiro atoms. The smallest absolute Gasteiger partial charge is 0.475 e. The Morgan fingerprint density at radius 1 is 1.33 bits per heavy atom. The molecule has 1 rings (SSSR count). The van der Waals surface area contributed by atoms with Crippen molar-refractivity contribution >= 4 is 11.9 Å². The summed E-state index contributed by atoms with van der Waals surface area (Å²) in [5, 5.41) is 7.12. The number of nitrogens with zero attached hydrogens (tertiary/aromatic N) is 1. The molecule has 1 atom stereocenters. The van der Waals surface area contributed by atoms with Gasteiger partial charge in [0, 0.05) is 0 Å². The molecule has 3 N–H and O–H groups in total. The molecule has 106 valence electrons. The van der Waals surface area contributed by atoms with E-state index in [2.05, 4.69) is 0 Å². The first-order chi connectivity index (χ1) is 7.87. The van der Waals surface area contributed by atoms with Crippen molar-refractivity contribution in [3.05, 3.63) is 0 Å². The third-order valence-corrected chi connectivity index (χ3v) is 1.79. The van der Waals surface area contributed by atoms with E-state index >= 15 is 0 Å². The number of carbonyl (C=O) groups is 2. The fourth-order valence-electron chi connectivity index (χ4n) is 0.956. The van der Waals surface area contributed by atoms with Gasteiger partial charge in [-0.05, 0) is 6.92 Å². The Morgan fingerprint density at radius 3 is 1.83 bits per heavy atom. The van der Waals surface area contributed by atoms with E-state index in [9.17, 15) is 26.7 Å². The van der Waals surface area contributed by atoms with E-state index in [4.69, 9.17) is 15.6 Å². The van der Waals surface area contributed by atoms with Crippen molar-refractivity contribution in [3.8, 4) is 0 Å². The van der Waals surface area contributed by atoms with Crippen LogP contribution in [0.5, 0.6) is 0 Å². The van der Waals surface area contributed by atoms with Crippen LogP contribution in [0.2, 0.25) is 0 Å². The third kappa shape index (κ3) is 5.25. The fraction of sp³-hybridized carbons (Fsp3) is 0.750. The summed E-state index contributed by atoms with van der Waals surface area (Å²) < 4.78 is 56.1. The van der Waals surface area contributed by atoms with Crippen LogP contribution < -0.4 is 5.73 Å². The van der Waals surface area contributed by atoms with Gasteiger partial charge in [-0.2, -0.15) is 13.2 Å². The van der Waals surface area contributed by atoms with E-state index < -0.39 is 43.1 Å². The number of carbonyl (C=O) groups excluding carboxylic acids is 1. The van der Waals surface area contributed by atoms with Gasteiger partial charge in [-0.3, -0.25) is 4.79 Å². The molecule has 0 radical (unpaired) electrons. The Bertz CT molecular complexity index is 321. The Hall–Kier alpha value is -1.45. The van der Waals surface area contributed by atoms with Gasteiger partial charge in [-0.1, -0.05) is 0 Å².